The van der Waals surface area contributed by atoms with E-state index in [1.807, 2.05) is 11.3 Å². The van der Waals surface area contributed by atoms with Gasteiger partial charge in [-0.15, -0.1) is 11.3 Å². The predicted octanol–water partition coefficient (Wildman–Crippen LogP) is 5.19. The van der Waals surface area contributed by atoms with Crippen LogP contribution in [-0.2, 0) is 0 Å². The molecule has 0 spiro atoms. The van der Waals surface area contributed by atoms with Crippen LogP contribution in [0.4, 0.5) is 0 Å². The van der Waals surface area contributed by atoms with Crippen LogP contribution in [0.5, 0.6) is 0 Å². The summed E-state index contributed by atoms with van der Waals surface area (Å²) in [5, 5.41) is 0. The summed E-state index contributed by atoms with van der Waals surface area (Å²) in [6, 6.07) is 11.0. The number of benzene rings is 1. The van der Waals surface area contributed by atoms with Crippen molar-refractivity contribution in [2.75, 3.05) is 0 Å². The van der Waals surface area contributed by atoms with Gasteiger partial charge < -0.3 is 5.73 Å². The Balaban J connectivity index is 1.94. The lowest BCUT2D eigenvalue weighted by atomic mass is 10.1. The SMILES string of the molecule is NC(c1ccc(-c2cc(Br)ccc2I)s1)C1CC1. The second-order valence-corrected chi connectivity index (χ2v) is 7.88. The van der Waals surface area contributed by atoms with Gasteiger partial charge in [-0.3, -0.25) is 0 Å². The highest BCUT2D eigenvalue weighted by molar-refractivity contribution is 14.1. The Kier molecular flexibility index (Phi) is 3.80. The predicted molar refractivity (Wildman–Crippen MR) is 89.8 cm³/mol. The van der Waals surface area contributed by atoms with Gasteiger partial charge in [0.15, 0.2) is 0 Å². The van der Waals surface area contributed by atoms with E-state index in [0.29, 0.717) is 0 Å². The lowest BCUT2D eigenvalue weighted by molar-refractivity contribution is 0.645. The maximum Gasteiger partial charge on any atom is 0.0418 e. The van der Waals surface area contributed by atoms with Crippen LogP contribution in [0, 0.1) is 9.49 Å². The van der Waals surface area contributed by atoms with Crippen molar-refractivity contribution in [3.05, 3.63) is 43.3 Å². The van der Waals surface area contributed by atoms with Gasteiger partial charge in [0, 0.05) is 29.4 Å². The Hall–Kier alpha value is 0.0900. The molecule has 1 saturated carbocycles. The van der Waals surface area contributed by atoms with Crippen LogP contribution in [0.1, 0.15) is 23.8 Å². The Morgan fingerprint density at radius 2 is 2.06 bits per heavy atom. The quantitative estimate of drug-likeness (QED) is 0.662. The van der Waals surface area contributed by atoms with Crippen LogP contribution in [-0.4, -0.2) is 0 Å². The molecule has 1 atom stereocenters. The van der Waals surface area contributed by atoms with E-state index in [1.54, 1.807) is 0 Å². The zero-order chi connectivity index (χ0) is 12.7. The number of hydrogen-bond acceptors (Lipinski definition) is 2. The number of thiophene rings is 1. The fraction of sp³-hybridized carbons (Fsp3) is 0.286. The molecule has 1 aliphatic rings. The van der Waals surface area contributed by atoms with E-state index in [0.717, 1.165) is 10.4 Å². The fourth-order valence-corrected chi connectivity index (χ4v) is 4.35. The van der Waals surface area contributed by atoms with E-state index in [2.05, 4.69) is 68.9 Å². The first kappa shape index (κ1) is 13.1. The Morgan fingerprint density at radius 1 is 1.28 bits per heavy atom. The molecule has 0 amide bonds. The minimum Gasteiger partial charge on any atom is -0.323 e. The average Bonchev–Trinajstić information content (AvgIpc) is 3.09. The largest absolute Gasteiger partial charge is 0.323 e. The lowest BCUT2D eigenvalue weighted by Crippen LogP contribution is -2.10. The summed E-state index contributed by atoms with van der Waals surface area (Å²) < 4.78 is 2.41. The van der Waals surface area contributed by atoms with Gasteiger partial charge >= 0.3 is 0 Å². The second-order valence-electron chi connectivity index (χ2n) is 4.69. The van der Waals surface area contributed by atoms with Crippen LogP contribution in [0.3, 0.4) is 0 Å². The Morgan fingerprint density at radius 3 is 2.78 bits per heavy atom. The molecule has 2 N–H and O–H groups in total. The van der Waals surface area contributed by atoms with E-state index in [1.165, 1.54) is 31.7 Å². The van der Waals surface area contributed by atoms with Crippen molar-refractivity contribution in [2.24, 2.45) is 11.7 Å². The molecule has 2 aromatic rings. The molecule has 1 aromatic heterocycles. The van der Waals surface area contributed by atoms with Gasteiger partial charge in [0.05, 0.1) is 0 Å². The van der Waals surface area contributed by atoms with Crippen molar-refractivity contribution in [1.82, 2.24) is 0 Å². The normalized spacial score (nSPS) is 16.8. The van der Waals surface area contributed by atoms with Crippen molar-refractivity contribution in [3.8, 4) is 10.4 Å². The van der Waals surface area contributed by atoms with Crippen molar-refractivity contribution >= 4 is 49.9 Å². The number of halogens is 2. The van der Waals surface area contributed by atoms with Gasteiger partial charge in [-0.1, -0.05) is 15.9 Å². The number of nitrogens with two attached hydrogens (primary N) is 1. The lowest BCUT2D eigenvalue weighted by Gasteiger charge is -2.06. The standard InChI is InChI=1S/C14H13BrINS/c15-9-3-4-11(16)10(7-9)12-5-6-13(18-12)14(17)8-1-2-8/h3-8,14H,1-2,17H2. The summed E-state index contributed by atoms with van der Waals surface area (Å²) in [5.74, 6) is 0.720. The van der Waals surface area contributed by atoms with Gasteiger partial charge in [0.25, 0.3) is 0 Å². The summed E-state index contributed by atoms with van der Waals surface area (Å²) in [4.78, 5) is 2.63. The van der Waals surface area contributed by atoms with E-state index >= 15 is 0 Å². The summed E-state index contributed by atoms with van der Waals surface area (Å²) in [6.45, 7) is 0. The maximum atomic E-state index is 6.26. The molecule has 4 heteroatoms. The van der Waals surface area contributed by atoms with Gasteiger partial charge in [0.1, 0.15) is 0 Å². The highest BCUT2D eigenvalue weighted by atomic mass is 127. The molecule has 0 aliphatic heterocycles. The van der Waals surface area contributed by atoms with E-state index < -0.39 is 0 Å². The van der Waals surface area contributed by atoms with Gasteiger partial charge in [-0.2, -0.15) is 0 Å². The highest BCUT2D eigenvalue weighted by Gasteiger charge is 2.30. The summed E-state index contributed by atoms with van der Waals surface area (Å²) in [5.41, 5.74) is 7.55. The monoisotopic (exact) mass is 433 g/mol. The molecule has 1 aromatic carbocycles. The molecular formula is C14H13BrINS. The first-order valence-corrected chi connectivity index (χ1v) is 8.65. The molecule has 0 radical (unpaired) electrons. The smallest absolute Gasteiger partial charge is 0.0418 e. The molecule has 1 aliphatic carbocycles. The van der Waals surface area contributed by atoms with Crippen LogP contribution in [0.2, 0.25) is 0 Å². The molecule has 1 nitrogen and oxygen atoms in total. The topological polar surface area (TPSA) is 26.0 Å². The molecule has 94 valence electrons. The minimum atomic E-state index is 0.244. The van der Waals surface area contributed by atoms with Gasteiger partial charge in [0.2, 0.25) is 0 Å². The van der Waals surface area contributed by atoms with Crippen molar-refractivity contribution < 1.29 is 0 Å². The molecule has 0 bridgehead atoms. The Bertz CT molecular complexity index is 577. The number of hydrogen-bond donors (Lipinski definition) is 1. The molecule has 3 rings (SSSR count). The van der Waals surface area contributed by atoms with Gasteiger partial charge in [-0.25, -0.2) is 0 Å². The molecule has 18 heavy (non-hydrogen) atoms. The first-order valence-electron chi connectivity index (χ1n) is 5.96. The molecule has 1 unspecified atom stereocenters. The maximum absolute atomic E-state index is 6.26. The molecule has 1 heterocycles. The molecule has 1 fully saturated rings. The van der Waals surface area contributed by atoms with Crippen molar-refractivity contribution in [1.29, 1.82) is 0 Å². The average molecular weight is 434 g/mol. The van der Waals surface area contributed by atoms with Crippen molar-refractivity contribution in [2.45, 2.75) is 18.9 Å². The zero-order valence-corrected chi connectivity index (χ0v) is 14.3. The fourth-order valence-electron chi connectivity index (χ4n) is 2.05. The third-order valence-corrected chi connectivity index (χ3v) is 5.93. The third kappa shape index (κ3) is 2.66. The summed E-state index contributed by atoms with van der Waals surface area (Å²) in [7, 11) is 0. The summed E-state index contributed by atoms with van der Waals surface area (Å²) in [6.07, 6.45) is 2.59. The zero-order valence-electron chi connectivity index (χ0n) is 9.70. The first-order chi connectivity index (χ1) is 8.65. The van der Waals surface area contributed by atoms with Crippen LogP contribution < -0.4 is 5.73 Å². The van der Waals surface area contributed by atoms with Gasteiger partial charge in [-0.05, 0) is 71.7 Å². The van der Waals surface area contributed by atoms with Crippen LogP contribution in [0.15, 0.2) is 34.8 Å². The number of rotatable bonds is 3. The third-order valence-electron chi connectivity index (χ3n) is 3.28. The van der Waals surface area contributed by atoms with E-state index in [-0.39, 0.29) is 6.04 Å². The van der Waals surface area contributed by atoms with Crippen LogP contribution in [0.25, 0.3) is 10.4 Å². The summed E-state index contributed by atoms with van der Waals surface area (Å²) >= 11 is 7.76. The Labute approximate surface area is 133 Å². The second kappa shape index (κ2) is 5.23. The van der Waals surface area contributed by atoms with Crippen molar-refractivity contribution in [3.63, 3.8) is 0 Å². The van der Waals surface area contributed by atoms with E-state index in [4.69, 9.17) is 5.73 Å². The molecular weight excluding hydrogens is 421 g/mol. The highest BCUT2D eigenvalue weighted by Crippen LogP contribution is 2.43. The minimum absolute atomic E-state index is 0.244. The van der Waals surface area contributed by atoms with Crippen LogP contribution >= 0.6 is 49.9 Å². The van der Waals surface area contributed by atoms with E-state index in [9.17, 15) is 0 Å². The molecule has 0 saturated heterocycles.